The van der Waals surface area contributed by atoms with Gasteiger partial charge in [-0.25, -0.2) is 0 Å². The van der Waals surface area contributed by atoms with Gasteiger partial charge in [-0.2, -0.15) is 0 Å². The third kappa shape index (κ3) is 7.86. The van der Waals surface area contributed by atoms with Crippen LogP contribution in [0.3, 0.4) is 0 Å². The number of hydrogen-bond acceptors (Lipinski definition) is 3. The lowest BCUT2D eigenvalue weighted by molar-refractivity contribution is -0.143. The third-order valence-corrected chi connectivity index (χ3v) is 5.58. The van der Waals surface area contributed by atoms with Crippen molar-refractivity contribution >= 4 is 39.3 Å². The Kier molecular flexibility index (Phi) is 9.85. The van der Waals surface area contributed by atoms with Gasteiger partial charge in [0.2, 0.25) is 5.91 Å². The molecule has 0 fully saturated rings. The molecule has 7 heteroatoms. The molecule has 5 nitrogen and oxygen atoms in total. The third-order valence-electron chi connectivity index (χ3n) is 4.79. The van der Waals surface area contributed by atoms with Crippen LogP contribution in [0.15, 0.2) is 46.9 Å². The molecular formula is C24H30BrClN2O3. The van der Waals surface area contributed by atoms with E-state index >= 15 is 0 Å². The molecule has 168 valence electrons. The molecule has 0 aliphatic rings. The number of aryl methyl sites for hydroxylation is 1. The molecule has 0 bridgehead atoms. The van der Waals surface area contributed by atoms with Crippen molar-refractivity contribution < 1.29 is 14.3 Å². The minimum Gasteiger partial charge on any atom is -0.482 e. The fraction of sp³-hybridized carbons (Fsp3) is 0.417. The summed E-state index contributed by atoms with van der Waals surface area (Å²) in [4.78, 5) is 27.6. The zero-order valence-electron chi connectivity index (χ0n) is 18.5. The Bertz CT molecular complexity index is 887. The van der Waals surface area contributed by atoms with Gasteiger partial charge >= 0.3 is 0 Å². The Morgan fingerprint density at radius 2 is 1.84 bits per heavy atom. The highest BCUT2D eigenvalue weighted by Crippen LogP contribution is 2.28. The number of amides is 2. The highest BCUT2D eigenvalue weighted by molar-refractivity contribution is 9.10. The molecule has 0 aromatic heterocycles. The zero-order chi connectivity index (χ0) is 23.0. The fourth-order valence-corrected chi connectivity index (χ4v) is 3.77. The minimum absolute atomic E-state index is 0.154. The molecule has 1 N–H and O–H groups in total. The highest BCUT2D eigenvalue weighted by atomic mass is 79.9. The van der Waals surface area contributed by atoms with E-state index in [9.17, 15) is 9.59 Å². The van der Waals surface area contributed by atoms with Gasteiger partial charge in [0.05, 0.1) is 5.02 Å². The van der Waals surface area contributed by atoms with Crippen molar-refractivity contribution in [2.45, 2.75) is 46.7 Å². The number of ether oxygens (including phenoxy) is 1. The summed E-state index contributed by atoms with van der Waals surface area (Å²) < 4.78 is 6.51. The molecule has 0 aliphatic carbocycles. The van der Waals surface area contributed by atoms with E-state index in [0.29, 0.717) is 36.2 Å². The Morgan fingerprint density at radius 1 is 1.16 bits per heavy atom. The standard InChI is InChI=1S/C24H30BrClN2O3/c1-5-21(24(30)27-13-16(2)3)28(14-18-8-6-17(4)7-9-18)23(29)15-31-22-11-10-19(25)12-20(22)26/h6-12,16,21H,5,13-15H2,1-4H3,(H,27,30)/t21-/m0/s1. The lowest BCUT2D eigenvalue weighted by Gasteiger charge is -2.31. The molecule has 1 atom stereocenters. The summed E-state index contributed by atoms with van der Waals surface area (Å²) in [6.07, 6.45) is 0.501. The van der Waals surface area contributed by atoms with Gasteiger partial charge in [0.15, 0.2) is 6.61 Å². The highest BCUT2D eigenvalue weighted by Gasteiger charge is 2.29. The van der Waals surface area contributed by atoms with Crippen LogP contribution < -0.4 is 10.1 Å². The number of carbonyl (C=O) groups excluding carboxylic acids is 2. The summed E-state index contributed by atoms with van der Waals surface area (Å²) in [5, 5.41) is 3.36. The van der Waals surface area contributed by atoms with E-state index in [1.807, 2.05) is 52.0 Å². The van der Waals surface area contributed by atoms with Gasteiger partial charge < -0.3 is 15.0 Å². The molecule has 2 aromatic rings. The monoisotopic (exact) mass is 508 g/mol. The van der Waals surface area contributed by atoms with Crippen LogP contribution in [0.2, 0.25) is 5.02 Å². The van der Waals surface area contributed by atoms with Crippen LogP contribution >= 0.6 is 27.5 Å². The topological polar surface area (TPSA) is 58.6 Å². The summed E-state index contributed by atoms with van der Waals surface area (Å²) in [7, 11) is 0. The predicted molar refractivity (Wildman–Crippen MR) is 128 cm³/mol. The Morgan fingerprint density at radius 3 is 2.42 bits per heavy atom. The second-order valence-corrected chi connectivity index (χ2v) is 9.26. The predicted octanol–water partition coefficient (Wildman–Crippen LogP) is 5.37. The van der Waals surface area contributed by atoms with E-state index in [2.05, 4.69) is 21.2 Å². The average Bonchev–Trinajstić information content (AvgIpc) is 2.72. The van der Waals surface area contributed by atoms with Gasteiger partial charge in [-0.3, -0.25) is 9.59 Å². The number of hydrogen-bond donors (Lipinski definition) is 1. The van der Waals surface area contributed by atoms with E-state index in [4.69, 9.17) is 16.3 Å². The Hall–Kier alpha value is -2.05. The summed E-state index contributed by atoms with van der Waals surface area (Å²) in [6.45, 7) is 8.66. The first kappa shape index (κ1) is 25.2. The van der Waals surface area contributed by atoms with Crippen LogP contribution in [0.4, 0.5) is 0 Å². The van der Waals surface area contributed by atoms with E-state index in [0.717, 1.165) is 15.6 Å². The quantitative estimate of drug-likeness (QED) is 0.468. The molecule has 0 spiro atoms. The maximum Gasteiger partial charge on any atom is 0.261 e. The summed E-state index contributed by atoms with van der Waals surface area (Å²) in [5.74, 6) is 0.320. The van der Waals surface area contributed by atoms with Crippen molar-refractivity contribution in [1.82, 2.24) is 10.2 Å². The first-order chi connectivity index (χ1) is 14.7. The lowest BCUT2D eigenvalue weighted by atomic mass is 10.1. The largest absolute Gasteiger partial charge is 0.482 e. The van der Waals surface area contributed by atoms with E-state index in [-0.39, 0.29) is 18.4 Å². The van der Waals surface area contributed by atoms with E-state index in [1.165, 1.54) is 0 Å². The first-order valence-corrected chi connectivity index (χ1v) is 11.6. The number of nitrogens with zero attached hydrogens (tertiary/aromatic N) is 1. The Balaban J connectivity index is 2.20. The number of benzene rings is 2. The van der Waals surface area contributed by atoms with Crippen molar-refractivity contribution in [3.05, 3.63) is 63.1 Å². The number of halogens is 2. The molecule has 0 saturated heterocycles. The SMILES string of the molecule is CC[C@@H](C(=O)NCC(C)C)N(Cc1ccc(C)cc1)C(=O)COc1ccc(Br)cc1Cl. The normalized spacial score (nSPS) is 11.8. The van der Waals surface area contributed by atoms with E-state index < -0.39 is 6.04 Å². The van der Waals surface area contributed by atoms with Crippen molar-refractivity contribution in [3.63, 3.8) is 0 Å². The summed E-state index contributed by atoms with van der Waals surface area (Å²) in [5.41, 5.74) is 2.09. The van der Waals surface area contributed by atoms with Gasteiger partial charge in [0, 0.05) is 17.6 Å². The van der Waals surface area contributed by atoms with Crippen LogP contribution in [0.25, 0.3) is 0 Å². The van der Waals surface area contributed by atoms with Crippen LogP contribution in [-0.4, -0.2) is 35.9 Å². The lowest BCUT2D eigenvalue weighted by Crippen LogP contribution is -2.50. The van der Waals surface area contributed by atoms with Crippen LogP contribution in [0.5, 0.6) is 5.75 Å². The minimum atomic E-state index is -0.587. The molecule has 0 saturated carbocycles. The molecule has 0 heterocycles. The molecule has 2 amide bonds. The van der Waals surface area contributed by atoms with Crippen LogP contribution in [0.1, 0.15) is 38.3 Å². The van der Waals surface area contributed by atoms with Gasteiger partial charge in [-0.1, -0.05) is 78.1 Å². The smallest absolute Gasteiger partial charge is 0.261 e. The summed E-state index contributed by atoms with van der Waals surface area (Å²) in [6, 6.07) is 12.6. The van der Waals surface area contributed by atoms with Crippen molar-refractivity contribution in [3.8, 4) is 5.75 Å². The number of rotatable bonds is 10. The molecule has 2 rings (SSSR count). The second-order valence-electron chi connectivity index (χ2n) is 7.93. The van der Waals surface area contributed by atoms with Crippen molar-refractivity contribution in [2.75, 3.05) is 13.2 Å². The molecule has 2 aromatic carbocycles. The number of nitrogens with one attached hydrogen (secondary N) is 1. The van der Waals surface area contributed by atoms with Gasteiger partial charge in [0.25, 0.3) is 5.91 Å². The first-order valence-electron chi connectivity index (χ1n) is 10.4. The second kappa shape index (κ2) is 12.1. The fourth-order valence-electron chi connectivity index (χ4n) is 3.05. The van der Waals surface area contributed by atoms with Gasteiger partial charge in [0.1, 0.15) is 11.8 Å². The molecular weight excluding hydrogens is 480 g/mol. The van der Waals surface area contributed by atoms with Crippen molar-refractivity contribution in [1.29, 1.82) is 0 Å². The van der Waals surface area contributed by atoms with Crippen molar-refractivity contribution in [2.24, 2.45) is 5.92 Å². The molecule has 0 radical (unpaired) electrons. The van der Waals surface area contributed by atoms with Crippen LogP contribution in [0, 0.1) is 12.8 Å². The van der Waals surface area contributed by atoms with Crippen LogP contribution in [-0.2, 0) is 16.1 Å². The maximum atomic E-state index is 13.2. The summed E-state index contributed by atoms with van der Waals surface area (Å²) >= 11 is 9.56. The van der Waals surface area contributed by atoms with Gasteiger partial charge in [-0.15, -0.1) is 0 Å². The molecule has 0 unspecified atom stereocenters. The molecule has 0 aliphatic heterocycles. The number of carbonyl (C=O) groups is 2. The van der Waals surface area contributed by atoms with Gasteiger partial charge in [-0.05, 0) is 43.0 Å². The maximum absolute atomic E-state index is 13.2. The molecule has 31 heavy (non-hydrogen) atoms. The average molecular weight is 510 g/mol. The Labute approximate surface area is 198 Å². The zero-order valence-corrected chi connectivity index (χ0v) is 20.8. The van der Waals surface area contributed by atoms with E-state index in [1.54, 1.807) is 23.1 Å².